The van der Waals surface area contributed by atoms with Crippen molar-refractivity contribution in [2.45, 2.75) is 0 Å². The highest BCUT2D eigenvalue weighted by molar-refractivity contribution is 6.13. The van der Waals surface area contributed by atoms with Crippen LogP contribution >= 0.6 is 0 Å². The van der Waals surface area contributed by atoms with Crippen LogP contribution in [0.1, 0.15) is 0 Å². The highest BCUT2D eigenvalue weighted by atomic mass is 15.0. The molecule has 0 fully saturated rings. The number of para-hydroxylation sites is 2. The van der Waals surface area contributed by atoms with Crippen molar-refractivity contribution in [2.24, 2.45) is 0 Å². The topological polar surface area (TPSA) is 43.6 Å². The minimum atomic E-state index is 0.678. The normalized spacial score (nSPS) is 11.5. The highest BCUT2D eigenvalue weighted by Crippen LogP contribution is 2.38. The van der Waals surface area contributed by atoms with E-state index < -0.39 is 0 Å². The molecule has 3 heterocycles. The molecule has 0 bridgehead atoms. The van der Waals surface area contributed by atoms with Gasteiger partial charge >= 0.3 is 0 Å². The van der Waals surface area contributed by atoms with E-state index in [1.54, 1.807) is 0 Å². The van der Waals surface area contributed by atoms with E-state index in [9.17, 15) is 0 Å². The van der Waals surface area contributed by atoms with Crippen LogP contribution in [0.25, 0.3) is 105 Å². The van der Waals surface area contributed by atoms with Crippen molar-refractivity contribution in [3.05, 3.63) is 206 Å². The Balaban J connectivity index is 1.02. The average Bonchev–Trinajstić information content (AvgIpc) is 3.63. The van der Waals surface area contributed by atoms with Gasteiger partial charge in [-0.1, -0.05) is 152 Å². The summed E-state index contributed by atoms with van der Waals surface area (Å²) >= 11 is 0. The quantitative estimate of drug-likeness (QED) is 0.160. The van der Waals surface area contributed by atoms with Gasteiger partial charge in [-0.2, -0.15) is 0 Å². The maximum Gasteiger partial charge on any atom is 0.160 e. The molecule has 0 unspecified atom stereocenters. The third kappa shape index (κ3) is 5.74. The van der Waals surface area contributed by atoms with Crippen molar-refractivity contribution in [1.29, 1.82) is 0 Å². The number of benzene rings is 8. The first-order chi connectivity index (χ1) is 28.2. The molecule has 3 aromatic heterocycles. The van der Waals surface area contributed by atoms with Crippen LogP contribution < -0.4 is 0 Å². The number of fused-ring (bicyclic) bond motifs is 5. The number of hydrogen-bond acceptors (Lipinski definition) is 3. The molecule has 4 nitrogen and oxygen atoms in total. The lowest BCUT2D eigenvalue weighted by molar-refractivity contribution is 1.17. The van der Waals surface area contributed by atoms with Gasteiger partial charge in [0.15, 0.2) is 5.82 Å². The van der Waals surface area contributed by atoms with Crippen molar-refractivity contribution in [1.82, 2.24) is 19.5 Å². The van der Waals surface area contributed by atoms with Crippen molar-refractivity contribution in [3.8, 4) is 62.0 Å². The number of aromatic nitrogens is 4. The van der Waals surface area contributed by atoms with Gasteiger partial charge in [-0.25, -0.2) is 9.97 Å². The first-order valence-electron chi connectivity index (χ1n) is 19.3. The Kier molecular flexibility index (Phi) is 7.78. The van der Waals surface area contributed by atoms with Gasteiger partial charge in [0.2, 0.25) is 0 Å². The molecule has 4 heteroatoms. The Morgan fingerprint density at radius 3 is 1.35 bits per heavy atom. The minimum Gasteiger partial charge on any atom is -0.309 e. The van der Waals surface area contributed by atoms with Crippen LogP contribution in [-0.4, -0.2) is 19.5 Å². The van der Waals surface area contributed by atoms with E-state index in [1.165, 1.54) is 48.9 Å². The number of pyridine rings is 1. The van der Waals surface area contributed by atoms with Gasteiger partial charge in [0.05, 0.1) is 28.1 Å². The lowest BCUT2D eigenvalue weighted by Crippen LogP contribution is -1.97. The molecule has 0 aliphatic rings. The summed E-state index contributed by atoms with van der Waals surface area (Å²) in [6.07, 6.45) is 1.83. The molecular formula is C53H34N4. The number of nitrogens with zero attached hydrogens (tertiary/aromatic N) is 4. The second-order valence-electron chi connectivity index (χ2n) is 14.4. The minimum absolute atomic E-state index is 0.678. The zero-order chi connectivity index (χ0) is 37.7. The van der Waals surface area contributed by atoms with Crippen molar-refractivity contribution < 1.29 is 0 Å². The highest BCUT2D eigenvalue weighted by Gasteiger charge is 2.16. The van der Waals surface area contributed by atoms with Gasteiger partial charge in [-0.05, 0) is 81.2 Å². The maximum atomic E-state index is 5.23. The molecule has 8 aromatic carbocycles. The van der Waals surface area contributed by atoms with Crippen LogP contribution in [-0.2, 0) is 0 Å². The van der Waals surface area contributed by atoms with Crippen molar-refractivity contribution >= 4 is 43.4 Å². The predicted octanol–water partition coefficient (Wildman–Crippen LogP) is 13.6. The van der Waals surface area contributed by atoms with Crippen LogP contribution in [0.5, 0.6) is 0 Å². The van der Waals surface area contributed by atoms with Crippen molar-refractivity contribution in [2.75, 3.05) is 0 Å². The van der Waals surface area contributed by atoms with E-state index in [0.29, 0.717) is 5.82 Å². The average molecular weight is 727 g/mol. The second kappa shape index (κ2) is 13.6. The Bertz CT molecular complexity index is 3150. The Hall–Kier alpha value is -7.69. The second-order valence-corrected chi connectivity index (χ2v) is 14.4. The van der Waals surface area contributed by atoms with Crippen LogP contribution in [0.3, 0.4) is 0 Å². The Morgan fingerprint density at radius 2 is 0.789 bits per heavy atom. The molecule has 0 spiro atoms. The standard InChI is InChI=1S/C53H34N4/c1-3-13-43-40(11-1)33-41-12-2-4-14-44(41)52(43)38-24-26-39(27-25-38)53-55-48(36-22-20-35(21-23-36)47-17-9-10-32-54-47)34-49(56-53)37-28-30-42(31-29-37)57-50-18-7-5-15-45(50)46-16-6-8-19-51(46)57/h1-34H. The molecule has 0 amide bonds. The summed E-state index contributed by atoms with van der Waals surface area (Å²) in [5.74, 6) is 0.678. The van der Waals surface area contributed by atoms with Gasteiger partial charge < -0.3 is 4.57 Å². The van der Waals surface area contributed by atoms with E-state index >= 15 is 0 Å². The first kappa shape index (κ1) is 32.7. The zero-order valence-corrected chi connectivity index (χ0v) is 30.9. The fraction of sp³-hybridized carbons (Fsp3) is 0. The summed E-state index contributed by atoms with van der Waals surface area (Å²) in [7, 11) is 0. The van der Waals surface area contributed by atoms with E-state index in [4.69, 9.17) is 9.97 Å². The molecule has 0 atom stereocenters. The first-order valence-corrected chi connectivity index (χ1v) is 19.3. The monoisotopic (exact) mass is 726 g/mol. The summed E-state index contributed by atoms with van der Waals surface area (Å²) in [6, 6.07) is 70.8. The molecule has 0 aliphatic carbocycles. The zero-order valence-electron chi connectivity index (χ0n) is 30.9. The summed E-state index contributed by atoms with van der Waals surface area (Å²) in [5, 5.41) is 7.43. The van der Waals surface area contributed by atoms with E-state index in [0.717, 1.165) is 50.6 Å². The predicted molar refractivity (Wildman–Crippen MR) is 236 cm³/mol. The molecule has 0 N–H and O–H groups in total. The molecule has 11 aromatic rings. The molecule has 0 saturated carbocycles. The van der Waals surface area contributed by atoms with Crippen LogP contribution in [0.4, 0.5) is 0 Å². The third-order valence-corrected chi connectivity index (χ3v) is 11.1. The van der Waals surface area contributed by atoms with Gasteiger partial charge in [-0.3, -0.25) is 4.98 Å². The number of hydrogen-bond donors (Lipinski definition) is 0. The van der Waals surface area contributed by atoms with Crippen LogP contribution in [0.2, 0.25) is 0 Å². The van der Waals surface area contributed by atoms with Crippen molar-refractivity contribution in [3.63, 3.8) is 0 Å². The molecule has 11 rings (SSSR count). The van der Waals surface area contributed by atoms with E-state index in [1.807, 2.05) is 24.4 Å². The van der Waals surface area contributed by atoms with Crippen LogP contribution in [0, 0.1) is 0 Å². The van der Waals surface area contributed by atoms with Gasteiger partial charge in [0.1, 0.15) is 0 Å². The third-order valence-electron chi connectivity index (χ3n) is 11.1. The molecular weight excluding hydrogens is 693 g/mol. The van der Waals surface area contributed by atoms with Crippen LogP contribution in [0.15, 0.2) is 206 Å². The largest absolute Gasteiger partial charge is 0.309 e. The fourth-order valence-electron chi connectivity index (χ4n) is 8.31. The summed E-state index contributed by atoms with van der Waals surface area (Å²) < 4.78 is 2.34. The van der Waals surface area contributed by atoms with E-state index in [2.05, 4.69) is 192 Å². The summed E-state index contributed by atoms with van der Waals surface area (Å²) in [5.41, 5.74) is 12.6. The molecule has 0 radical (unpaired) electrons. The number of rotatable bonds is 6. The lowest BCUT2D eigenvalue weighted by atomic mass is 9.91. The SMILES string of the molecule is c1ccc(-c2ccc(-c3cc(-c4ccc(-n5c6ccccc6c6ccccc65)cc4)nc(-c4ccc(-c5c6ccccc6cc6ccccc56)cc4)n3)cc2)nc1. The Labute approximate surface area is 330 Å². The summed E-state index contributed by atoms with van der Waals surface area (Å²) in [4.78, 5) is 15.0. The molecule has 0 aliphatic heterocycles. The Morgan fingerprint density at radius 1 is 0.333 bits per heavy atom. The lowest BCUT2D eigenvalue weighted by Gasteiger charge is -2.13. The maximum absolute atomic E-state index is 5.23. The van der Waals surface area contributed by atoms with E-state index in [-0.39, 0.29) is 0 Å². The molecule has 57 heavy (non-hydrogen) atoms. The van der Waals surface area contributed by atoms with Gasteiger partial charge in [0.25, 0.3) is 0 Å². The van der Waals surface area contributed by atoms with Gasteiger partial charge in [0, 0.05) is 44.9 Å². The molecule has 266 valence electrons. The molecule has 0 saturated heterocycles. The smallest absolute Gasteiger partial charge is 0.160 e. The van der Waals surface area contributed by atoms with Gasteiger partial charge in [-0.15, -0.1) is 0 Å². The fourth-order valence-corrected chi connectivity index (χ4v) is 8.31. The summed E-state index contributed by atoms with van der Waals surface area (Å²) in [6.45, 7) is 0.